The number of likely N-dealkylation sites (N-methyl/N-ethyl adjacent to an activating group) is 1. The number of esters is 2. The highest BCUT2D eigenvalue weighted by Crippen LogP contribution is 2.43. The Labute approximate surface area is 498 Å². The number of phosphoric ester groups is 1. The van der Waals surface area contributed by atoms with Crippen LogP contribution in [-0.4, -0.2) is 74.9 Å². The highest BCUT2D eigenvalue weighted by molar-refractivity contribution is 7.47. The molecule has 0 aromatic rings. The lowest BCUT2D eigenvalue weighted by molar-refractivity contribution is -0.870. The third kappa shape index (κ3) is 65.9. The summed E-state index contributed by atoms with van der Waals surface area (Å²) in [5.74, 6) is -0.787. The quantitative estimate of drug-likeness (QED) is 0.0211. The van der Waals surface area contributed by atoms with Crippen molar-refractivity contribution in [3.05, 3.63) is 12.2 Å². The summed E-state index contributed by atoms with van der Waals surface area (Å²) in [5, 5.41) is 0. The van der Waals surface area contributed by atoms with Gasteiger partial charge in [-0.25, -0.2) is 4.57 Å². The molecule has 2 unspecified atom stereocenters. The summed E-state index contributed by atoms with van der Waals surface area (Å²) in [6.45, 7) is 4.49. The second kappa shape index (κ2) is 62.3. The Hall–Kier alpha value is -1.25. The molecule has 10 heteroatoms. The molecule has 0 aliphatic rings. The number of allylic oxidation sites excluding steroid dienone is 2. The van der Waals surface area contributed by atoms with Gasteiger partial charge in [0.25, 0.3) is 0 Å². The van der Waals surface area contributed by atoms with Crippen LogP contribution in [-0.2, 0) is 32.7 Å². The summed E-state index contributed by atoms with van der Waals surface area (Å²) in [6.07, 6.45) is 76.4. The van der Waals surface area contributed by atoms with Crippen molar-refractivity contribution in [2.45, 2.75) is 380 Å². The van der Waals surface area contributed by atoms with Crippen LogP contribution in [0, 0.1) is 0 Å². The minimum atomic E-state index is -4.38. The number of carbonyl (C=O) groups excluding carboxylic acids is 2. The van der Waals surface area contributed by atoms with E-state index in [4.69, 9.17) is 18.5 Å². The molecular formula is C70H139NO8P+. The molecular weight excluding hydrogens is 1010 g/mol. The van der Waals surface area contributed by atoms with Gasteiger partial charge in [0, 0.05) is 12.8 Å². The number of ether oxygens (including phenoxy) is 2. The molecule has 0 heterocycles. The topological polar surface area (TPSA) is 108 Å². The Kier molecular flexibility index (Phi) is 61.3. The minimum absolute atomic E-state index is 0.0338. The van der Waals surface area contributed by atoms with Gasteiger partial charge in [0.2, 0.25) is 0 Å². The van der Waals surface area contributed by atoms with Crippen molar-refractivity contribution in [1.29, 1.82) is 0 Å². The Morgan fingerprint density at radius 3 is 0.925 bits per heavy atom. The smallest absolute Gasteiger partial charge is 0.462 e. The van der Waals surface area contributed by atoms with E-state index >= 15 is 0 Å². The second-order valence-corrected chi connectivity index (χ2v) is 27.1. The molecule has 0 saturated heterocycles. The molecule has 0 aliphatic carbocycles. The van der Waals surface area contributed by atoms with Crippen molar-refractivity contribution in [2.24, 2.45) is 0 Å². The maximum atomic E-state index is 12.8. The number of unbranched alkanes of at least 4 members (excludes halogenated alkanes) is 51. The third-order valence-electron chi connectivity index (χ3n) is 16.3. The van der Waals surface area contributed by atoms with E-state index in [1.807, 2.05) is 21.1 Å². The van der Waals surface area contributed by atoms with Gasteiger partial charge in [-0.05, 0) is 38.5 Å². The molecule has 0 aromatic carbocycles. The SMILES string of the molecule is CCCCCCCCC/C=C\CCCCCCCC(=O)OC(COC(=O)CCCCCCCCCCCCCCCCCCCCCCCCCCCCCCCCCCCCCCCCCC)COP(=O)(O)OCC[N+](C)(C)C. The van der Waals surface area contributed by atoms with Crippen LogP contribution in [0.3, 0.4) is 0 Å². The van der Waals surface area contributed by atoms with Crippen molar-refractivity contribution in [3.63, 3.8) is 0 Å². The van der Waals surface area contributed by atoms with E-state index in [-0.39, 0.29) is 25.6 Å². The molecule has 0 fully saturated rings. The van der Waals surface area contributed by atoms with Crippen molar-refractivity contribution in [2.75, 3.05) is 47.5 Å². The van der Waals surface area contributed by atoms with E-state index in [0.717, 1.165) is 51.4 Å². The Morgan fingerprint density at radius 1 is 0.375 bits per heavy atom. The zero-order valence-electron chi connectivity index (χ0n) is 54.4. The van der Waals surface area contributed by atoms with Gasteiger partial charge in [-0.2, -0.15) is 0 Å². The van der Waals surface area contributed by atoms with Crippen LogP contribution in [0.2, 0.25) is 0 Å². The van der Waals surface area contributed by atoms with E-state index in [1.165, 1.54) is 289 Å². The fraction of sp³-hybridized carbons (Fsp3) is 0.943. The number of nitrogens with zero attached hydrogens (tertiary/aromatic N) is 1. The van der Waals surface area contributed by atoms with Gasteiger partial charge in [0.05, 0.1) is 27.7 Å². The molecule has 1 N–H and O–H groups in total. The summed E-state index contributed by atoms with van der Waals surface area (Å²) >= 11 is 0. The number of hydrogen-bond acceptors (Lipinski definition) is 7. The number of phosphoric acid groups is 1. The molecule has 0 saturated carbocycles. The first-order valence-corrected chi connectivity index (χ1v) is 36.9. The van der Waals surface area contributed by atoms with Crippen LogP contribution in [0.4, 0.5) is 0 Å². The highest BCUT2D eigenvalue weighted by atomic mass is 31.2. The third-order valence-corrected chi connectivity index (χ3v) is 17.3. The van der Waals surface area contributed by atoms with Gasteiger partial charge in [0.1, 0.15) is 19.8 Å². The van der Waals surface area contributed by atoms with Crippen molar-refractivity contribution < 1.29 is 42.1 Å². The first-order chi connectivity index (χ1) is 39.0. The molecule has 0 amide bonds. The lowest BCUT2D eigenvalue weighted by Gasteiger charge is -2.24. The first kappa shape index (κ1) is 78.8. The zero-order chi connectivity index (χ0) is 58.4. The number of rotatable bonds is 67. The molecule has 0 rings (SSSR count). The maximum Gasteiger partial charge on any atom is 0.472 e. The van der Waals surface area contributed by atoms with Crippen molar-refractivity contribution in [1.82, 2.24) is 0 Å². The summed E-state index contributed by atoms with van der Waals surface area (Å²) < 4.78 is 34.6. The van der Waals surface area contributed by atoms with Crippen LogP contribution in [0.5, 0.6) is 0 Å². The fourth-order valence-electron chi connectivity index (χ4n) is 10.8. The predicted octanol–water partition coefficient (Wildman–Crippen LogP) is 22.7. The van der Waals surface area contributed by atoms with Gasteiger partial charge in [-0.15, -0.1) is 0 Å². The standard InChI is InChI=1S/C70H138NO8P/c1-6-8-10-12-14-16-18-20-22-24-25-26-27-28-29-30-31-32-33-34-35-36-37-38-39-40-41-42-43-44-45-46-47-49-50-52-54-56-58-60-62-69(72)76-66-68(67-78-80(74,75)77-65-64-71(3,4)5)79-70(73)63-61-59-57-55-53-51-48-23-21-19-17-15-13-11-9-7-2/h23,48,68H,6-22,24-47,49-67H2,1-5H3/p+1/b48-23-. The zero-order valence-corrected chi connectivity index (χ0v) is 55.3. The monoisotopic (exact) mass is 1150 g/mol. The van der Waals surface area contributed by atoms with E-state index in [9.17, 15) is 19.0 Å². The Balaban J connectivity index is 3.82. The van der Waals surface area contributed by atoms with Crippen LogP contribution in [0.1, 0.15) is 373 Å². The number of quaternary nitrogens is 1. The summed E-state index contributed by atoms with van der Waals surface area (Å²) in [6, 6.07) is 0. The van der Waals surface area contributed by atoms with Gasteiger partial charge in [-0.3, -0.25) is 18.6 Å². The largest absolute Gasteiger partial charge is 0.472 e. The number of carbonyl (C=O) groups is 2. The van der Waals surface area contributed by atoms with Gasteiger partial charge in [0.15, 0.2) is 6.10 Å². The maximum absolute atomic E-state index is 12.8. The fourth-order valence-corrected chi connectivity index (χ4v) is 11.6. The van der Waals surface area contributed by atoms with Crippen LogP contribution in [0.15, 0.2) is 12.2 Å². The predicted molar refractivity (Wildman–Crippen MR) is 345 cm³/mol. The van der Waals surface area contributed by atoms with Crippen molar-refractivity contribution >= 4 is 19.8 Å². The van der Waals surface area contributed by atoms with E-state index in [0.29, 0.717) is 23.9 Å². The van der Waals surface area contributed by atoms with E-state index < -0.39 is 26.5 Å². The lowest BCUT2D eigenvalue weighted by atomic mass is 10.0. The minimum Gasteiger partial charge on any atom is -0.462 e. The van der Waals surface area contributed by atoms with Crippen molar-refractivity contribution in [3.8, 4) is 0 Å². The van der Waals surface area contributed by atoms with Gasteiger partial charge < -0.3 is 18.9 Å². The molecule has 0 aromatic heterocycles. The second-order valence-electron chi connectivity index (χ2n) is 25.6. The van der Waals surface area contributed by atoms with Crippen LogP contribution in [0.25, 0.3) is 0 Å². The van der Waals surface area contributed by atoms with Gasteiger partial charge >= 0.3 is 19.8 Å². The highest BCUT2D eigenvalue weighted by Gasteiger charge is 2.27. The van der Waals surface area contributed by atoms with E-state index in [2.05, 4.69) is 26.0 Å². The molecule has 9 nitrogen and oxygen atoms in total. The Morgan fingerprint density at radius 2 is 0.637 bits per heavy atom. The normalized spacial score (nSPS) is 13.1. The molecule has 2 atom stereocenters. The average molecular weight is 1150 g/mol. The molecule has 0 spiro atoms. The Bertz CT molecular complexity index is 1350. The lowest BCUT2D eigenvalue weighted by Crippen LogP contribution is -2.37. The van der Waals surface area contributed by atoms with Crippen LogP contribution >= 0.6 is 7.82 Å². The van der Waals surface area contributed by atoms with E-state index in [1.54, 1.807) is 0 Å². The molecule has 476 valence electrons. The van der Waals surface area contributed by atoms with Crippen LogP contribution < -0.4 is 0 Å². The average Bonchev–Trinajstić information content (AvgIpc) is 3.42. The summed E-state index contributed by atoms with van der Waals surface area (Å²) in [5.41, 5.74) is 0. The van der Waals surface area contributed by atoms with Gasteiger partial charge in [-0.1, -0.05) is 334 Å². The molecule has 0 radical (unpaired) electrons. The summed E-state index contributed by atoms with van der Waals surface area (Å²) in [4.78, 5) is 35.7. The molecule has 0 aliphatic heterocycles. The molecule has 80 heavy (non-hydrogen) atoms. The first-order valence-electron chi connectivity index (χ1n) is 35.4. The summed E-state index contributed by atoms with van der Waals surface area (Å²) in [7, 11) is 1.49. The molecule has 0 bridgehead atoms. The number of hydrogen-bond donors (Lipinski definition) is 1.